The normalized spacial score (nSPS) is 17.5. The number of nitrogens with zero attached hydrogens (tertiary/aromatic N) is 1. The molecule has 0 saturated carbocycles. The van der Waals surface area contributed by atoms with Crippen LogP contribution in [0.3, 0.4) is 0 Å². The van der Waals surface area contributed by atoms with Gasteiger partial charge < -0.3 is 9.64 Å². The van der Waals surface area contributed by atoms with E-state index in [9.17, 15) is 4.79 Å². The van der Waals surface area contributed by atoms with Gasteiger partial charge in [-0.25, -0.2) is 4.79 Å². The number of benzene rings is 2. The molecule has 1 saturated heterocycles. The van der Waals surface area contributed by atoms with E-state index in [2.05, 4.69) is 28.1 Å². The second-order valence-electron chi connectivity index (χ2n) is 5.45. The van der Waals surface area contributed by atoms with Crippen LogP contribution in [0.25, 0.3) is 0 Å². The molecule has 2 aromatic rings. The Morgan fingerprint density at radius 2 is 2.00 bits per heavy atom. The molecular weight excluding hydrogens is 342 g/mol. The summed E-state index contributed by atoms with van der Waals surface area (Å²) in [6.45, 7) is 1.08. The molecule has 0 radical (unpaired) electrons. The molecule has 1 fully saturated rings. The Hall–Kier alpha value is -1.81. The Morgan fingerprint density at radius 3 is 2.77 bits per heavy atom. The molecule has 0 aromatic heterocycles. The minimum absolute atomic E-state index is 0.112. The largest absolute Gasteiger partial charge is 0.445 e. The lowest BCUT2D eigenvalue weighted by Crippen LogP contribution is -2.31. The van der Waals surface area contributed by atoms with Crippen molar-refractivity contribution in [3.05, 3.63) is 70.2 Å². The number of ether oxygens (including phenoxy) is 1. The number of carbonyl (C=O) groups is 1. The van der Waals surface area contributed by atoms with Gasteiger partial charge in [-0.1, -0.05) is 58.4 Å². The van der Waals surface area contributed by atoms with Crippen LogP contribution in [0.15, 0.2) is 59.1 Å². The highest BCUT2D eigenvalue weighted by Gasteiger charge is 2.31. The Bertz CT molecular complexity index is 645. The number of hydrogen-bond donors (Lipinski definition) is 0. The maximum Gasteiger partial charge on any atom is 0.410 e. The average molecular weight is 360 g/mol. The summed E-state index contributed by atoms with van der Waals surface area (Å²) in [6.07, 6.45) is 1.76. The Kier molecular flexibility index (Phi) is 4.78. The van der Waals surface area contributed by atoms with Crippen LogP contribution in [0.1, 0.15) is 30.0 Å². The van der Waals surface area contributed by atoms with E-state index in [0.29, 0.717) is 6.61 Å². The van der Waals surface area contributed by atoms with Crippen molar-refractivity contribution in [1.82, 2.24) is 4.90 Å². The lowest BCUT2D eigenvalue weighted by Gasteiger charge is -2.24. The van der Waals surface area contributed by atoms with Crippen LogP contribution >= 0.6 is 15.9 Å². The first-order chi connectivity index (χ1) is 10.7. The molecule has 4 heteroatoms. The lowest BCUT2D eigenvalue weighted by atomic mass is 10.1. The van der Waals surface area contributed by atoms with Gasteiger partial charge in [0, 0.05) is 11.0 Å². The van der Waals surface area contributed by atoms with E-state index < -0.39 is 0 Å². The third kappa shape index (κ3) is 3.50. The fourth-order valence-electron chi connectivity index (χ4n) is 2.85. The Balaban J connectivity index is 1.66. The summed E-state index contributed by atoms with van der Waals surface area (Å²) in [5.41, 5.74) is 2.16. The minimum Gasteiger partial charge on any atom is -0.445 e. The first-order valence-corrected chi connectivity index (χ1v) is 8.26. The molecule has 114 valence electrons. The third-order valence-electron chi connectivity index (χ3n) is 3.93. The monoisotopic (exact) mass is 359 g/mol. The fraction of sp³-hybridized carbons (Fsp3) is 0.278. The van der Waals surface area contributed by atoms with Crippen LogP contribution in [0.5, 0.6) is 0 Å². The minimum atomic E-state index is -0.230. The second-order valence-corrected chi connectivity index (χ2v) is 6.36. The van der Waals surface area contributed by atoms with E-state index in [4.69, 9.17) is 4.74 Å². The topological polar surface area (TPSA) is 29.5 Å². The number of carbonyl (C=O) groups excluding carboxylic acids is 1. The van der Waals surface area contributed by atoms with Crippen molar-refractivity contribution < 1.29 is 9.53 Å². The molecule has 3 nitrogen and oxygen atoms in total. The Morgan fingerprint density at radius 1 is 1.18 bits per heavy atom. The first kappa shape index (κ1) is 15.1. The molecular formula is C18H18BrNO2. The summed E-state index contributed by atoms with van der Waals surface area (Å²) >= 11 is 3.49. The average Bonchev–Trinajstić information content (AvgIpc) is 3.03. The molecule has 0 bridgehead atoms. The highest BCUT2D eigenvalue weighted by atomic mass is 79.9. The summed E-state index contributed by atoms with van der Waals surface area (Å²) in [7, 11) is 0. The van der Waals surface area contributed by atoms with E-state index in [1.54, 1.807) is 0 Å². The molecule has 1 unspecified atom stereocenters. The summed E-state index contributed by atoms with van der Waals surface area (Å²) in [5, 5.41) is 0. The van der Waals surface area contributed by atoms with Gasteiger partial charge in [0.1, 0.15) is 6.61 Å². The SMILES string of the molecule is O=C(OCc1ccccc1)N1CCCC1c1cccc(Br)c1. The molecule has 1 aliphatic heterocycles. The smallest absolute Gasteiger partial charge is 0.410 e. The van der Waals surface area contributed by atoms with Crippen LogP contribution in [-0.2, 0) is 11.3 Å². The highest BCUT2D eigenvalue weighted by Crippen LogP contribution is 2.33. The second kappa shape index (κ2) is 6.97. The molecule has 2 aromatic carbocycles. The van der Waals surface area contributed by atoms with Crippen molar-refractivity contribution >= 4 is 22.0 Å². The van der Waals surface area contributed by atoms with Crippen molar-refractivity contribution in [2.75, 3.05) is 6.54 Å². The number of rotatable bonds is 3. The number of hydrogen-bond acceptors (Lipinski definition) is 2. The van der Waals surface area contributed by atoms with Crippen molar-refractivity contribution in [2.45, 2.75) is 25.5 Å². The quantitative estimate of drug-likeness (QED) is 0.777. The first-order valence-electron chi connectivity index (χ1n) is 7.47. The predicted molar refractivity (Wildman–Crippen MR) is 89.5 cm³/mol. The zero-order valence-corrected chi connectivity index (χ0v) is 13.8. The molecule has 0 N–H and O–H groups in total. The number of halogens is 1. The van der Waals surface area contributed by atoms with Gasteiger partial charge in [0.05, 0.1) is 6.04 Å². The number of likely N-dealkylation sites (tertiary alicyclic amines) is 1. The molecule has 0 aliphatic carbocycles. The zero-order valence-electron chi connectivity index (χ0n) is 12.2. The van der Waals surface area contributed by atoms with Crippen LogP contribution in [-0.4, -0.2) is 17.5 Å². The summed E-state index contributed by atoms with van der Waals surface area (Å²) < 4.78 is 6.51. The van der Waals surface area contributed by atoms with Crippen molar-refractivity contribution in [1.29, 1.82) is 0 Å². The molecule has 22 heavy (non-hydrogen) atoms. The van der Waals surface area contributed by atoms with Crippen molar-refractivity contribution in [3.63, 3.8) is 0 Å². The summed E-state index contributed by atoms with van der Waals surface area (Å²) in [4.78, 5) is 14.2. The van der Waals surface area contributed by atoms with Gasteiger partial charge in [-0.05, 0) is 36.1 Å². The molecule has 1 aliphatic rings. The van der Waals surface area contributed by atoms with E-state index in [1.807, 2.05) is 47.4 Å². The van der Waals surface area contributed by atoms with Gasteiger partial charge in [-0.3, -0.25) is 0 Å². The van der Waals surface area contributed by atoms with Crippen LogP contribution in [0, 0.1) is 0 Å². The lowest BCUT2D eigenvalue weighted by molar-refractivity contribution is 0.0920. The Labute approximate surface area is 139 Å². The van der Waals surface area contributed by atoms with E-state index in [-0.39, 0.29) is 12.1 Å². The standard InChI is InChI=1S/C18H18BrNO2/c19-16-9-4-8-15(12-16)17-10-5-11-20(17)18(21)22-13-14-6-2-1-3-7-14/h1-4,6-9,12,17H,5,10-11,13H2. The molecule has 3 rings (SSSR count). The maximum atomic E-state index is 12.4. The van der Waals surface area contributed by atoms with E-state index in [1.165, 1.54) is 0 Å². The van der Waals surface area contributed by atoms with Crippen molar-refractivity contribution in [3.8, 4) is 0 Å². The van der Waals surface area contributed by atoms with Gasteiger partial charge >= 0.3 is 6.09 Å². The predicted octanol–water partition coefficient (Wildman–Crippen LogP) is 4.92. The van der Waals surface area contributed by atoms with Gasteiger partial charge in [0.25, 0.3) is 0 Å². The molecule has 1 amide bonds. The summed E-state index contributed by atoms with van der Waals surface area (Å²) in [6, 6.07) is 18.0. The third-order valence-corrected chi connectivity index (χ3v) is 4.42. The van der Waals surface area contributed by atoms with Gasteiger partial charge in [0.2, 0.25) is 0 Å². The van der Waals surface area contributed by atoms with E-state index in [0.717, 1.165) is 35.0 Å². The van der Waals surface area contributed by atoms with Crippen LogP contribution in [0.2, 0.25) is 0 Å². The van der Waals surface area contributed by atoms with Gasteiger partial charge in [-0.2, -0.15) is 0 Å². The molecule has 1 atom stereocenters. The van der Waals surface area contributed by atoms with Gasteiger partial charge in [-0.15, -0.1) is 0 Å². The highest BCUT2D eigenvalue weighted by molar-refractivity contribution is 9.10. The van der Waals surface area contributed by atoms with Crippen molar-refractivity contribution in [2.24, 2.45) is 0 Å². The summed E-state index contributed by atoms with van der Waals surface area (Å²) in [5.74, 6) is 0. The maximum absolute atomic E-state index is 12.4. The number of amides is 1. The molecule has 0 spiro atoms. The van der Waals surface area contributed by atoms with Crippen LogP contribution in [0.4, 0.5) is 4.79 Å². The van der Waals surface area contributed by atoms with Crippen LogP contribution < -0.4 is 0 Å². The fourth-order valence-corrected chi connectivity index (χ4v) is 3.26. The van der Waals surface area contributed by atoms with E-state index >= 15 is 0 Å². The molecule has 1 heterocycles. The van der Waals surface area contributed by atoms with Gasteiger partial charge in [0.15, 0.2) is 0 Å². The zero-order chi connectivity index (χ0) is 15.4.